The summed E-state index contributed by atoms with van der Waals surface area (Å²) in [6.07, 6.45) is 6.94. The molecule has 204 valence electrons. The zero-order valence-electron chi connectivity index (χ0n) is 22.4. The van der Waals surface area contributed by atoms with Gasteiger partial charge in [-0.2, -0.15) is 4.37 Å². The normalized spacial score (nSPS) is 37.5. The van der Waals surface area contributed by atoms with Gasteiger partial charge in [0.2, 0.25) is 11.8 Å². The summed E-state index contributed by atoms with van der Waals surface area (Å²) in [6.45, 7) is 7.69. The van der Waals surface area contributed by atoms with Gasteiger partial charge < -0.3 is 10.0 Å². The molecule has 5 aliphatic rings. The molecule has 1 aromatic carbocycles. The van der Waals surface area contributed by atoms with Crippen molar-refractivity contribution in [1.29, 1.82) is 0 Å². The van der Waals surface area contributed by atoms with E-state index in [9.17, 15) is 14.7 Å². The van der Waals surface area contributed by atoms with Crippen molar-refractivity contribution in [2.24, 2.45) is 35.5 Å². The van der Waals surface area contributed by atoms with Crippen LogP contribution in [-0.2, 0) is 9.59 Å². The van der Waals surface area contributed by atoms with Gasteiger partial charge in [0.25, 0.3) is 0 Å². The maximum absolute atomic E-state index is 13.6. The number of benzene rings is 1. The molecule has 2 aromatic rings. The third kappa shape index (κ3) is 3.93. The van der Waals surface area contributed by atoms with Gasteiger partial charge in [-0.1, -0.05) is 31.9 Å². The predicted octanol–water partition coefficient (Wildman–Crippen LogP) is 4.01. The number of carbonyl (C=O) groups excluding carboxylic acids is 2. The second-order valence-electron chi connectivity index (χ2n) is 12.7. The number of anilines is 1. The van der Waals surface area contributed by atoms with E-state index in [0.29, 0.717) is 31.2 Å². The number of aromatic nitrogens is 1. The van der Waals surface area contributed by atoms with Crippen LogP contribution in [0.15, 0.2) is 24.3 Å². The van der Waals surface area contributed by atoms with Gasteiger partial charge in [0.15, 0.2) is 0 Å². The van der Waals surface area contributed by atoms with Crippen LogP contribution in [0, 0.1) is 35.5 Å². The highest BCUT2D eigenvalue weighted by Gasteiger charge is 2.67. The van der Waals surface area contributed by atoms with E-state index in [1.54, 1.807) is 16.4 Å². The number of aliphatic hydroxyl groups is 1. The molecule has 5 fully saturated rings. The van der Waals surface area contributed by atoms with Crippen molar-refractivity contribution >= 4 is 39.3 Å². The summed E-state index contributed by atoms with van der Waals surface area (Å²) in [5, 5.41) is 12.4. The van der Waals surface area contributed by atoms with E-state index < -0.39 is 5.60 Å². The van der Waals surface area contributed by atoms with Crippen molar-refractivity contribution in [3.05, 3.63) is 24.3 Å². The average molecular weight is 537 g/mol. The molecule has 1 aromatic heterocycles. The van der Waals surface area contributed by atoms with Crippen molar-refractivity contribution in [1.82, 2.24) is 14.2 Å². The SMILES string of the molecule is CC[C@]1(O)C[C@@H]2C[C@H]1[C@H]1C(=O)N(CC3CCCC[C@H]3CN3CCN(c4nsc5ccccc45)CC3)C(=O)[C@@H]21. The summed E-state index contributed by atoms with van der Waals surface area (Å²) in [4.78, 5) is 33.7. The molecule has 0 spiro atoms. The molecule has 7 atom stereocenters. The van der Waals surface area contributed by atoms with Gasteiger partial charge in [-0.15, -0.1) is 0 Å². The molecule has 2 bridgehead atoms. The fourth-order valence-corrected chi connectivity index (χ4v) is 9.64. The van der Waals surface area contributed by atoms with Gasteiger partial charge in [-0.05, 0) is 73.5 Å². The summed E-state index contributed by atoms with van der Waals surface area (Å²) < 4.78 is 6.01. The van der Waals surface area contributed by atoms with Crippen molar-refractivity contribution in [3.63, 3.8) is 0 Å². The molecule has 0 radical (unpaired) electrons. The number of nitrogens with zero attached hydrogens (tertiary/aromatic N) is 4. The van der Waals surface area contributed by atoms with Crippen LogP contribution in [0.3, 0.4) is 0 Å². The molecular formula is C30H40N4O3S. The first-order valence-electron chi connectivity index (χ1n) is 14.9. The predicted molar refractivity (Wildman–Crippen MR) is 149 cm³/mol. The monoisotopic (exact) mass is 536 g/mol. The molecule has 2 amide bonds. The molecular weight excluding hydrogens is 496 g/mol. The van der Waals surface area contributed by atoms with Gasteiger partial charge in [0.05, 0.1) is 22.1 Å². The van der Waals surface area contributed by atoms with Crippen LogP contribution in [0.5, 0.6) is 0 Å². The van der Waals surface area contributed by atoms with E-state index >= 15 is 0 Å². The van der Waals surface area contributed by atoms with Gasteiger partial charge in [0, 0.05) is 50.6 Å². The van der Waals surface area contributed by atoms with Crippen molar-refractivity contribution in [3.8, 4) is 0 Å². The van der Waals surface area contributed by atoms with E-state index in [1.165, 1.54) is 29.3 Å². The Labute approximate surface area is 229 Å². The van der Waals surface area contributed by atoms with Crippen LogP contribution in [0.1, 0.15) is 51.9 Å². The first kappa shape index (κ1) is 25.0. The molecule has 1 N–H and O–H groups in total. The van der Waals surface area contributed by atoms with Crippen molar-refractivity contribution in [2.75, 3.05) is 44.2 Å². The number of hydrogen-bond donors (Lipinski definition) is 1. The summed E-state index contributed by atoms with van der Waals surface area (Å²) in [6, 6.07) is 8.50. The minimum Gasteiger partial charge on any atom is -0.390 e. The lowest BCUT2D eigenvalue weighted by Crippen LogP contribution is -2.49. The number of carbonyl (C=O) groups is 2. The van der Waals surface area contributed by atoms with E-state index in [0.717, 1.165) is 51.4 Å². The topological polar surface area (TPSA) is 77.0 Å². The van der Waals surface area contributed by atoms with Crippen LogP contribution in [0.25, 0.3) is 10.1 Å². The fourth-order valence-electron chi connectivity index (χ4n) is 8.84. The molecule has 2 aliphatic heterocycles. The molecule has 38 heavy (non-hydrogen) atoms. The van der Waals surface area contributed by atoms with Crippen LogP contribution in [-0.4, -0.2) is 76.0 Å². The Hall–Kier alpha value is -2.03. The number of hydrogen-bond acceptors (Lipinski definition) is 7. The highest BCUT2D eigenvalue weighted by molar-refractivity contribution is 7.13. The summed E-state index contributed by atoms with van der Waals surface area (Å²) >= 11 is 1.58. The largest absolute Gasteiger partial charge is 0.390 e. The number of fused-ring (bicyclic) bond motifs is 6. The van der Waals surface area contributed by atoms with E-state index in [4.69, 9.17) is 4.37 Å². The van der Waals surface area contributed by atoms with Gasteiger partial charge in [-0.25, -0.2) is 0 Å². The van der Waals surface area contributed by atoms with Crippen LogP contribution in [0.2, 0.25) is 0 Å². The molecule has 7 nitrogen and oxygen atoms in total. The van der Waals surface area contributed by atoms with Gasteiger partial charge in [-0.3, -0.25) is 19.4 Å². The Morgan fingerprint density at radius 3 is 2.47 bits per heavy atom. The smallest absolute Gasteiger partial charge is 0.233 e. The van der Waals surface area contributed by atoms with E-state index in [-0.39, 0.29) is 35.5 Å². The molecule has 3 saturated carbocycles. The highest BCUT2D eigenvalue weighted by Crippen LogP contribution is 2.61. The van der Waals surface area contributed by atoms with E-state index in [2.05, 4.69) is 34.1 Å². The molecule has 2 saturated heterocycles. The standard InChI is InChI=1S/C30H40N4O3S/c1-2-30(37)16-21-15-23(30)26-25(21)28(35)34(29(26)36)18-20-8-4-3-7-19(20)17-32-11-13-33(14-12-32)27-22-9-5-6-10-24(22)38-31-27/h5-6,9-10,19-21,23,25-26,37H,2-4,7-8,11-18H2,1H3/t19-,20?,21-,23-,25-,26+,30-/m0/s1. The Balaban J connectivity index is 0.991. The van der Waals surface area contributed by atoms with Gasteiger partial charge >= 0.3 is 0 Å². The third-order valence-electron chi connectivity index (χ3n) is 10.9. The van der Waals surface area contributed by atoms with Crippen LogP contribution < -0.4 is 4.90 Å². The zero-order valence-corrected chi connectivity index (χ0v) is 23.2. The second-order valence-corrected chi connectivity index (χ2v) is 13.5. The number of rotatable bonds is 6. The Morgan fingerprint density at radius 2 is 1.71 bits per heavy atom. The van der Waals surface area contributed by atoms with Crippen molar-refractivity contribution in [2.45, 2.75) is 57.5 Å². The minimum absolute atomic E-state index is 0.0208. The quantitative estimate of drug-likeness (QED) is 0.563. The summed E-state index contributed by atoms with van der Waals surface area (Å²) in [5.41, 5.74) is -0.752. The number of likely N-dealkylation sites (tertiary alicyclic amines) is 1. The van der Waals surface area contributed by atoms with Crippen molar-refractivity contribution < 1.29 is 14.7 Å². The molecule has 1 unspecified atom stereocenters. The Bertz CT molecular complexity index is 1230. The molecule has 3 aliphatic carbocycles. The lowest BCUT2D eigenvalue weighted by molar-refractivity contribution is -0.142. The summed E-state index contributed by atoms with van der Waals surface area (Å²) in [5.74, 6) is 1.84. The third-order valence-corrected chi connectivity index (χ3v) is 11.7. The molecule has 8 heteroatoms. The van der Waals surface area contributed by atoms with Crippen LogP contribution in [0.4, 0.5) is 5.82 Å². The summed E-state index contributed by atoms with van der Waals surface area (Å²) in [7, 11) is 0. The maximum atomic E-state index is 13.6. The Morgan fingerprint density at radius 1 is 1.00 bits per heavy atom. The zero-order chi connectivity index (χ0) is 26.0. The fraction of sp³-hybridized carbons (Fsp3) is 0.700. The highest BCUT2D eigenvalue weighted by atomic mass is 32.1. The van der Waals surface area contributed by atoms with Crippen LogP contribution >= 0.6 is 11.5 Å². The Kier molecular flexibility index (Phi) is 6.28. The number of piperazine rings is 1. The molecule has 7 rings (SSSR count). The minimum atomic E-state index is -0.752. The number of imide groups is 1. The van der Waals surface area contributed by atoms with E-state index in [1.807, 2.05) is 6.92 Å². The first-order chi connectivity index (χ1) is 18.5. The maximum Gasteiger partial charge on any atom is 0.233 e. The second kappa shape index (κ2) is 9.56. The molecule has 3 heterocycles. The lowest BCUT2D eigenvalue weighted by atomic mass is 9.71. The lowest BCUT2D eigenvalue weighted by Gasteiger charge is -2.40. The average Bonchev–Trinajstić information content (AvgIpc) is 3.68. The van der Waals surface area contributed by atoms with Gasteiger partial charge in [0.1, 0.15) is 5.82 Å². The number of amides is 2. The first-order valence-corrected chi connectivity index (χ1v) is 15.6.